The molecule has 0 heterocycles. The van der Waals surface area contributed by atoms with Gasteiger partial charge in [0.2, 0.25) is 0 Å². The van der Waals surface area contributed by atoms with Crippen LogP contribution in [0.3, 0.4) is 0 Å². The lowest BCUT2D eigenvalue weighted by Crippen LogP contribution is -2.47. The molecule has 0 aromatic heterocycles. The van der Waals surface area contributed by atoms with Crippen LogP contribution in [0.5, 0.6) is 0 Å². The second-order valence-corrected chi connectivity index (χ2v) is 6.34. The third-order valence-corrected chi connectivity index (χ3v) is 4.40. The predicted octanol–water partition coefficient (Wildman–Crippen LogP) is 5.03. The first-order valence-corrected chi connectivity index (χ1v) is 7.56. The first kappa shape index (κ1) is 14.3. The Hall–Kier alpha value is -1.69. The molecule has 2 aromatic rings. The molecule has 2 nitrogen and oxygen atoms in total. The van der Waals surface area contributed by atoms with Crippen LogP contribution >= 0.6 is 23.2 Å². The number of hydrogen-bond donors (Lipinski definition) is 1. The highest BCUT2D eigenvalue weighted by Gasteiger charge is 2.46. The first-order valence-electron chi connectivity index (χ1n) is 6.81. The zero-order chi connectivity index (χ0) is 14.9. The van der Waals surface area contributed by atoms with Crippen LogP contribution in [0.4, 0.5) is 5.69 Å². The Morgan fingerprint density at radius 3 is 2.24 bits per heavy atom. The quantitative estimate of drug-likeness (QED) is 0.862. The molecule has 1 aliphatic carbocycles. The van der Waals surface area contributed by atoms with Crippen molar-refractivity contribution in [1.29, 1.82) is 5.26 Å². The van der Waals surface area contributed by atoms with E-state index in [-0.39, 0.29) is 11.5 Å². The summed E-state index contributed by atoms with van der Waals surface area (Å²) in [7, 11) is 0. The van der Waals surface area contributed by atoms with Crippen LogP contribution in [0.15, 0.2) is 48.5 Å². The minimum absolute atomic E-state index is 0.263. The fourth-order valence-corrected chi connectivity index (χ4v) is 3.43. The summed E-state index contributed by atoms with van der Waals surface area (Å²) in [6, 6.07) is 18.1. The fraction of sp³-hybridized carbons (Fsp3) is 0.235. The maximum absolute atomic E-state index is 9.54. The van der Waals surface area contributed by atoms with Gasteiger partial charge in [0.15, 0.2) is 0 Å². The molecule has 3 rings (SSSR count). The molecule has 0 unspecified atom stereocenters. The van der Waals surface area contributed by atoms with Crippen molar-refractivity contribution >= 4 is 28.9 Å². The number of rotatable bonds is 3. The van der Waals surface area contributed by atoms with Crippen molar-refractivity contribution in [2.45, 2.75) is 24.3 Å². The van der Waals surface area contributed by atoms with Crippen molar-refractivity contribution < 1.29 is 0 Å². The number of benzene rings is 2. The molecule has 0 atom stereocenters. The van der Waals surface area contributed by atoms with E-state index in [4.69, 9.17) is 23.2 Å². The van der Waals surface area contributed by atoms with Crippen molar-refractivity contribution in [3.05, 3.63) is 64.1 Å². The van der Waals surface area contributed by atoms with Gasteiger partial charge in [-0.1, -0.05) is 53.5 Å². The summed E-state index contributed by atoms with van der Waals surface area (Å²) >= 11 is 12.0. The van der Waals surface area contributed by atoms with Gasteiger partial charge in [0.25, 0.3) is 0 Å². The molecule has 1 fully saturated rings. The highest BCUT2D eigenvalue weighted by Crippen LogP contribution is 2.44. The lowest BCUT2D eigenvalue weighted by Gasteiger charge is -2.43. The van der Waals surface area contributed by atoms with Gasteiger partial charge in [0.1, 0.15) is 0 Å². The van der Waals surface area contributed by atoms with Gasteiger partial charge in [0.05, 0.1) is 11.5 Å². The highest BCUT2D eigenvalue weighted by molar-refractivity contribution is 6.35. The Morgan fingerprint density at radius 1 is 1.05 bits per heavy atom. The average Bonchev–Trinajstić information content (AvgIpc) is 2.42. The molecule has 1 saturated carbocycles. The number of nitriles is 1. The molecule has 1 aliphatic rings. The van der Waals surface area contributed by atoms with Crippen LogP contribution in [0.1, 0.15) is 18.4 Å². The molecule has 0 bridgehead atoms. The van der Waals surface area contributed by atoms with Gasteiger partial charge >= 0.3 is 0 Å². The van der Waals surface area contributed by atoms with Gasteiger partial charge in [-0.05, 0) is 36.6 Å². The molecule has 0 spiro atoms. The van der Waals surface area contributed by atoms with Gasteiger partial charge in [-0.2, -0.15) is 5.26 Å². The summed E-state index contributed by atoms with van der Waals surface area (Å²) < 4.78 is 0. The van der Waals surface area contributed by atoms with Gasteiger partial charge in [0, 0.05) is 21.8 Å². The van der Waals surface area contributed by atoms with Gasteiger partial charge in [-0.3, -0.25) is 0 Å². The molecule has 106 valence electrons. The van der Waals surface area contributed by atoms with Crippen molar-refractivity contribution in [1.82, 2.24) is 0 Å². The summed E-state index contributed by atoms with van der Waals surface area (Å²) in [6.45, 7) is 0. The topological polar surface area (TPSA) is 35.8 Å². The minimum atomic E-state index is -0.374. The third kappa shape index (κ3) is 2.85. The maximum Gasteiger partial charge on any atom is 0.0861 e. The second-order valence-electron chi connectivity index (χ2n) is 5.47. The normalized spacial score (nSPS) is 24.0. The Balaban J connectivity index is 1.71. The van der Waals surface area contributed by atoms with Crippen molar-refractivity contribution in [2.24, 2.45) is 0 Å². The fourth-order valence-electron chi connectivity index (χ4n) is 2.91. The van der Waals surface area contributed by atoms with Crippen molar-refractivity contribution in [2.75, 3.05) is 5.32 Å². The SMILES string of the molecule is N#CC1(c2ccccc2)CC(Nc2cc(Cl)cc(Cl)c2)C1. The number of nitrogens with zero attached hydrogens (tertiary/aromatic N) is 1. The van der Waals surface area contributed by atoms with Crippen LogP contribution in [-0.2, 0) is 5.41 Å². The molecule has 1 N–H and O–H groups in total. The minimum Gasteiger partial charge on any atom is -0.382 e. The summed E-state index contributed by atoms with van der Waals surface area (Å²) in [6.07, 6.45) is 1.58. The lowest BCUT2D eigenvalue weighted by atomic mass is 9.62. The number of anilines is 1. The van der Waals surface area contributed by atoms with Crippen LogP contribution in [0.2, 0.25) is 10.0 Å². The molecule has 0 radical (unpaired) electrons. The zero-order valence-electron chi connectivity index (χ0n) is 11.3. The average molecular weight is 317 g/mol. The van der Waals surface area contributed by atoms with E-state index in [2.05, 4.69) is 11.4 Å². The van der Waals surface area contributed by atoms with Crippen LogP contribution < -0.4 is 5.32 Å². The van der Waals surface area contributed by atoms with Crippen LogP contribution in [-0.4, -0.2) is 6.04 Å². The summed E-state index contributed by atoms with van der Waals surface area (Å²) in [5.74, 6) is 0. The summed E-state index contributed by atoms with van der Waals surface area (Å²) in [4.78, 5) is 0. The van der Waals surface area contributed by atoms with Crippen molar-refractivity contribution in [3.8, 4) is 6.07 Å². The van der Waals surface area contributed by atoms with E-state index in [0.29, 0.717) is 10.0 Å². The van der Waals surface area contributed by atoms with E-state index in [0.717, 1.165) is 24.1 Å². The van der Waals surface area contributed by atoms with Gasteiger partial charge in [-0.25, -0.2) is 0 Å². The summed E-state index contributed by atoms with van der Waals surface area (Å²) in [5.41, 5.74) is 1.62. The predicted molar refractivity (Wildman–Crippen MR) is 86.8 cm³/mol. The highest BCUT2D eigenvalue weighted by atomic mass is 35.5. The molecule has 0 saturated heterocycles. The largest absolute Gasteiger partial charge is 0.382 e. The Morgan fingerprint density at radius 2 is 1.67 bits per heavy atom. The molecule has 4 heteroatoms. The number of hydrogen-bond acceptors (Lipinski definition) is 2. The Kier molecular flexibility index (Phi) is 3.80. The van der Waals surface area contributed by atoms with E-state index in [1.807, 2.05) is 42.5 Å². The van der Waals surface area contributed by atoms with Crippen LogP contribution in [0.25, 0.3) is 0 Å². The van der Waals surface area contributed by atoms with Gasteiger partial charge in [-0.15, -0.1) is 0 Å². The first-order chi connectivity index (χ1) is 10.1. The molecule has 0 aliphatic heterocycles. The van der Waals surface area contributed by atoms with E-state index >= 15 is 0 Å². The number of nitrogens with one attached hydrogen (secondary N) is 1. The lowest BCUT2D eigenvalue weighted by molar-refractivity contribution is 0.289. The number of halogens is 2. The Labute approximate surface area is 134 Å². The Bertz CT molecular complexity index is 665. The molecular formula is C17H14Cl2N2. The molecule has 21 heavy (non-hydrogen) atoms. The molecule has 2 aromatic carbocycles. The van der Waals surface area contributed by atoms with Crippen LogP contribution in [0, 0.1) is 11.3 Å². The third-order valence-electron chi connectivity index (χ3n) is 3.96. The van der Waals surface area contributed by atoms with Crippen molar-refractivity contribution in [3.63, 3.8) is 0 Å². The molecular weight excluding hydrogens is 303 g/mol. The molecule has 0 amide bonds. The van der Waals surface area contributed by atoms with E-state index in [1.54, 1.807) is 6.07 Å². The second kappa shape index (κ2) is 5.60. The van der Waals surface area contributed by atoms with Gasteiger partial charge < -0.3 is 5.32 Å². The zero-order valence-corrected chi connectivity index (χ0v) is 12.8. The standard InChI is InChI=1S/C17H14Cl2N2/c18-13-6-14(19)8-15(7-13)21-16-9-17(10-16,11-20)12-4-2-1-3-5-12/h1-8,16,21H,9-10H2. The van der Waals surface area contributed by atoms with E-state index in [9.17, 15) is 5.26 Å². The van der Waals surface area contributed by atoms with E-state index in [1.165, 1.54) is 0 Å². The van der Waals surface area contributed by atoms with E-state index < -0.39 is 0 Å². The maximum atomic E-state index is 9.54. The monoisotopic (exact) mass is 316 g/mol. The summed E-state index contributed by atoms with van der Waals surface area (Å²) in [5, 5.41) is 14.2. The smallest absolute Gasteiger partial charge is 0.0861 e.